The fourth-order valence-electron chi connectivity index (χ4n) is 4.60. The molecule has 2 heterocycles. The van der Waals surface area contributed by atoms with Crippen LogP contribution in [0.1, 0.15) is 73.3 Å². The van der Waals surface area contributed by atoms with Crippen molar-refractivity contribution in [2.24, 2.45) is 5.92 Å². The van der Waals surface area contributed by atoms with Crippen LogP contribution in [0.3, 0.4) is 0 Å². The molecule has 1 fully saturated rings. The third-order valence-electron chi connectivity index (χ3n) is 7.60. The zero-order chi connectivity index (χ0) is 40.0. The minimum absolute atomic E-state index is 0.0408. The number of aliphatic hydroxyl groups excluding tert-OH is 1. The summed E-state index contributed by atoms with van der Waals surface area (Å²) in [5.74, 6) is 3.56. The van der Waals surface area contributed by atoms with E-state index in [9.17, 15) is 41.4 Å². The first kappa shape index (κ1) is 42.0. The molecule has 5 N–H and O–H groups in total. The van der Waals surface area contributed by atoms with Gasteiger partial charge < -0.3 is 30.9 Å². The molecule has 2 aromatic heterocycles. The molecule has 0 radical (unpaired) electrons. The first-order valence-electron chi connectivity index (χ1n) is 16.6. The Bertz CT molecular complexity index is 1980. The number of hydrogen-bond donors (Lipinski definition) is 5. The molecule has 55 heavy (non-hydrogen) atoms. The van der Waals surface area contributed by atoms with E-state index >= 15 is 0 Å². The number of hydrogen-bond acceptors (Lipinski definition) is 11. The summed E-state index contributed by atoms with van der Waals surface area (Å²) < 4.78 is 69.1. The smallest absolute Gasteiger partial charge is 0.478 e. The van der Waals surface area contributed by atoms with Gasteiger partial charge in [0.1, 0.15) is 17.0 Å². The second kappa shape index (κ2) is 20.1. The molecule has 1 atom stereocenters. The number of aliphatic hydroxyl groups is 1. The van der Waals surface area contributed by atoms with Gasteiger partial charge in [-0.2, -0.15) is 8.78 Å². The first-order valence-corrected chi connectivity index (χ1v) is 17.4. The van der Waals surface area contributed by atoms with Gasteiger partial charge in [-0.05, 0) is 67.5 Å². The number of alkyl halides is 5. The molecular formula is C36H35F5N6O7S. The van der Waals surface area contributed by atoms with E-state index in [4.69, 9.17) is 5.11 Å². The number of rotatable bonds is 15. The van der Waals surface area contributed by atoms with Crippen LogP contribution in [-0.4, -0.2) is 81.7 Å². The Morgan fingerprint density at radius 3 is 2.38 bits per heavy atom. The highest BCUT2D eigenvalue weighted by Crippen LogP contribution is 2.30. The van der Waals surface area contributed by atoms with Crippen LogP contribution in [0, 0.1) is 17.8 Å². The molecule has 0 bridgehead atoms. The van der Waals surface area contributed by atoms with Crippen LogP contribution in [0.4, 0.5) is 32.8 Å². The number of nitrogens with one attached hydrogen (secondary N) is 3. The van der Waals surface area contributed by atoms with Crippen LogP contribution >= 0.6 is 11.3 Å². The number of aryl methyl sites for hydroxylation is 1. The third kappa shape index (κ3) is 14.2. The summed E-state index contributed by atoms with van der Waals surface area (Å²) in [6, 6.07) is 7.30. The van der Waals surface area contributed by atoms with Gasteiger partial charge in [0, 0.05) is 30.2 Å². The fourth-order valence-corrected chi connectivity index (χ4v) is 5.32. The summed E-state index contributed by atoms with van der Waals surface area (Å²) >= 11 is 1.24. The molecule has 5 rings (SSSR count). The molecule has 292 valence electrons. The van der Waals surface area contributed by atoms with E-state index in [1.807, 2.05) is 6.92 Å². The number of carboxylic acid groups (broad SMARTS) is 1. The summed E-state index contributed by atoms with van der Waals surface area (Å²) in [6.07, 6.45) is 3.70. The summed E-state index contributed by atoms with van der Waals surface area (Å²) in [4.78, 5) is 48.4. The molecule has 2 amide bonds. The molecule has 19 heteroatoms. The van der Waals surface area contributed by atoms with Gasteiger partial charge in [-0.15, -0.1) is 13.2 Å². The number of anilines is 2. The largest absolute Gasteiger partial charge is 0.522 e. The van der Waals surface area contributed by atoms with Crippen LogP contribution in [0.15, 0.2) is 61.3 Å². The number of carboxylic acids is 1. The van der Waals surface area contributed by atoms with E-state index in [2.05, 4.69) is 52.2 Å². The van der Waals surface area contributed by atoms with E-state index in [-0.39, 0.29) is 34.8 Å². The van der Waals surface area contributed by atoms with Crippen LogP contribution in [0.5, 0.6) is 5.75 Å². The number of halogens is 5. The number of aromatic carboxylic acids is 1. The highest BCUT2D eigenvalue weighted by Gasteiger charge is 2.29. The second-order valence-corrected chi connectivity index (χ2v) is 12.8. The monoisotopic (exact) mass is 790 g/mol. The van der Waals surface area contributed by atoms with E-state index < -0.39 is 44.1 Å². The Kier molecular flexibility index (Phi) is 15.4. The molecule has 2 aromatic carbocycles. The minimum Gasteiger partial charge on any atom is -0.478 e. The fraction of sp³-hybridized carbons (Fsp3) is 0.333. The number of carbonyl (C=O) groups is 3. The summed E-state index contributed by atoms with van der Waals surface area (Å²) in [5.41, 5.74) is 1.87. The molecule has 1 aliphatic carbocycles. The average Bonchev–Trinajstić information content (AvgIpc) is 3.86. The Hall–Kier alpha value is -5.71. The maximum Gasteiger partial charge on any atom is 0.522 e. The number of benzene rings is 2. The molecular weight excluding hydrogens is 755 g/mol. The standard InChI is InChI=1S/C22H27F3N4O4S.C14H8F2N2O3/c1-2-14-5-6-15(19(31)28-16(12-30)7-8-33-22(23,24)25)9-17(14)29-20(32)18-11-27-21(34-18)26-10-13-3-4-13;15-14(16)21-12-4-3-11(13(19)20)5-10(12)2-1-9-6-17-8-18-7-9/h5-6,9,11,13,16,30H,2-4,7-8,10,12H2,1H3,(H,26,27)(H,28,31)(H,29,32);3-8,14H,(H,19,20). The molecule has 1 saturated carbocycles. The van der Waals surface area contributed by atoms with E-state index in [0.717, 1.165) is 30.3 Å². The van der Waals surface area contributed by atoms with Gasteiger partial charge in [-0.1, -0.05) is 36.2 Å². The lowest BCUT2D eigenvalue weighted by molar-refractivity contribution is -0.325. The Morgan fingerprint density at radius 2 is 1.75 bits per heavy atom. The zero-order valence-electron chi connectivity index (χ0n) is 29.0. The Morgan fingerprint density at radius 1 is 1.02 bits per heavy atom. The van der Waals surface area contributed by atoms with Crippen molar-refractivity contribution >= 4 is 39.9 Å². The lowest BCUT2D eigenvalue weighted by Crippen LogP contribution is -2.38. The summed E-state index contributed by atoms with van der Waals surface area (Å²) in [7, 11) is 0. The molecule has 13 nitrogen and oxygen atoms in total. The zero-order valence-corrected chi connectivity index (χ0v) is 29.8. The predicted octanol–water partition coefficient (Wildman–Crippen LogP) is 5.97. The maximum atomic E-state index is 12.7. The molecule has 1 aliphatic rings. The quantitative estimate of drug-likeness (QED) is 0.0706. The van der Waals surface area contributed by atoms with Crippen molar-refractivity contribution in [3.8, 4) is 17.6 Å². The summed E-state index contributed by atoms with van der Waals surface area (Å²) in [5, 5.41) is 27.5. The molecule has 4 aromatic rings. The maximum absolute atomic E-state index is 12.7. The van der Waals surface area contributed by atoms with Crippen LogP contribution in [0.25, 0.3) is 0 Å². The van der Waals surface area contributed by atoms with Gasteiger partial charge in [-0.3, -0.25) is 14.3 Å². The lowest BCUT2D eigenvalue weighted by Gasteiger charge is -2.18. The van der Waals surface area contributed by atoms with E-state index in [0.29, 0.717) is 33.6 Å². The van der Waals surface area contributed by atoms with Gasteiger partial charge >= 0.3 is 18.9 Å². The van der Waals surface area contributed by atoms with Gasteiger partial charge in [-0.25, -0.2) is 19.7 Å². The molecule has 1 unspecified atom stereocenters. The van der Waals surface area contributed by atoms with Crippen LogP contribution in [0.2, 0.25) is 0 Å². The number of ether oxygens (including phenoxy) is 2. The highest BCUT2D eigenvalue weighted by atomic mass is 32.1. The van der Waals surface area contributed by atoms with Crippen molar-refractivity contribution in [3.63, 3.8) is 0 Å². The van der Waals surface area contributed by atoms with Crippen molar-refractivity contribution in [1.82, 2.24) is 20.3 Å². The van der Waals surface area contributed by atoms with Gasteiger partial charge in [0.05, 0.1) is 42.1 Å². The number of thiazole rings is 1. The number of carbonyl (C=O) groups excluding carboxylic acids is 2. The van der Waals surface area contributed by atoms with Crippen molar-refractivity contribution in [3.05, 3.63) is 94.0 Å². The number of nitrogens with zero attached hydrogens (tertiary/aromatic N) is 3. The average molecular weight is 791 g/mol. The van der Waals surface area contributed by atoms with Crippen molar-refractivity contribution < 1.29 is 56.0 Å². The van der Waals surface area contributed by atoms with Gasteiger partial charge in [0.2, 0.25) is 0 Å². The second-order valence-electron chi connectivity index (χ2n) is 11.7. The van der Waals surface area contributed by atoms with Crippen LogP contribution in [-0.2, 0) is 11.2 Å². The van der Waals surface area contributed by atoms with Gasteiger partial charge in [0.15, 0.2) is 5.13 Å². The third-order valence-corrected chi connectivity index (χ3v) is 8.56. The SMILES string of the molecule is CCc1ccc(C(=O)NC(CO)CCOC(F)(F)F)cc1NC(=O)c1cnc(NCC2CC2)s1.O=C(O)c1ccc(OC(F)F)c(C#Cc2cncnc2)c1. The van der Waals surface area contributed by atoms with Crippen molar-refractivity contribution in [2.45, 2.75) is 51.6 Å². The first-order chi connectivity index (χ1) is 26.2. The highest BCUT2D eigenvalue weighted by molar-refractivity contribution is 7.17. The lowest BCUT2D eigenvalue weighted by atomic mass is 10.1. The molecule has 0 aliphatic heterocycles. The Labute approximate surface area is 315 Å². The molecule has 0 saturated heterocycles. The van der Waals surface area contributed by atoms with E-state index in [1.54, 1.807) is 12.1 Å². The van der Waals surface area contributed by atoms with Crippen LogP contribution < -0.4 is 20.7 Å². The minimum atomic E-state index is -4.78. The van der Waals surface area contributed by atoms with Gasteiger partial charge in [0.25, 0.3) is 11.8 Å². The predicted molar refractivity (Wildman–Crippen MR) is 190 cm³/mol. The summed E-state index contributed by atoms with van der Waals surface area (Å²) in [6.45, 7) is -1.53. The number of aromatic nitrogens is 3. The topological polar surface area (TPSA) is 185 Å². The number of amides is 2. The van der Waals surface area contributed by atoms with E-state index in [1.165, 1.54) is 55.2 Å². The van der Waals surface area contributed by atoms with Crippen molar-refractivity contribution in [1.29, 1.82) is 0 Å². The Balaban J connectivity index is 0.000000274. The normalized spacial score (nSPS) is 12.7. The van der Waals surface area contributed by atoms with Crippen molar-refractivity contribution in [2.75, 3.05) is 30.4 Å². The molecule has 0 spiro atoms.